The molecule has 0 spiro atoms. The summed E-state index contributed by atoms with van der Waals surface area (Å²) in [4.78, 5) is 87.3. The number of amides is 5. The third kappa shape index (κ3) is 7.72. The van der Waals surface area contributed by atoms with Gasteiger partial charge in [-0.3, -0.25) is 39.0 Å². The van der Waals surface area contributed by atoms with Gasteiger partial charge in [-0.2, -0.15) is 4.98 Å². The second-order valence-corrected chi connectivity index (χ2v) is 14.1. The van der Waals surface area contributed by atoms with E-state index in [0.29, 0.717) is 65.2 Å². The van der Waals surface area contributed by atoms with Crippen molar-refractivity contribution in [2.45, 2.75) is 51.3 Å². The maximum atomic E-state index is 13.2. The van der Waals surface area contributed by atoms with Gasteiger partial charge in [-0.05, 0) is 62.7 Å². The van der Waals surface area contributed by atoms with Crippen molar-refractivity contribution in [1.29, 1.82) is 0 Å². The number of hydrogen-bond donors (Lipinski definition) is 3. The fourth-order valence-corrected chi connectivity index (χ4v) is 7.03. The number of imide groups is 2. The Kier molecular flexibility index (Phi) is 10.9. The van der Waals surface area contributed by atoms with E-state index in [1.165, 1.54) is 25.4 Å². The van der Waals surface area contributed by atoms with Crippen molar-refractivity contribution < 1.29 is 38.2 Å². The number of likely N-dealkylation sites (N-methyl/N-ethyl adjacent to an activating group) is 1. The number of benzene rings is 2. The molecule has 3 aliphatic heterocycles. The quantitative estimate of drug-likeness (QED) is 0.177. The van der Waals surface area contributed by atoms with E-state index in [4.69, 9.17) is 30.8 Å². The first kappa shape index (κ1) is 38.2. The minimum atomic E-state index is -1.05. The number of fused-ring (bicyclic) bond motifs is 2. The maximum Gasteiger partial charge on any atom is 0.293 e. The predicted molar refractivity (Wildman–Crippen MR) is 204 cm³/mol. The van der Waals surface area contributed by atoms with Crippen molar-refractivity contribution in [1.82, 2.24) is 30.1 Å². The number of rotatable bonds is 12. The molecule has 2 aromatic carbocycles. The lowest BCUT2D eigenvalue weighted by molar-refractivity contribution is -0.136. The SMILES string of the molecule is CNC(=O)COc1cc2cc(Nc3nc(N4CCO[C@H](CCOc5ccc6c(c5)C(=O)N(C5CCC(=O)NC5=O)C6=O)C4)ncc3Cl)ccc2n(C(C)C)c1=O. The Morgan fingerprint density at radius 2 is 1.86 bits per heavy atom. The number of hydrogen-bond acceptors (Lipinski definition) is 13. The topological polar surface area (TPSA) is 203 Å². The van der Waals surface area contributed by atoms with Crippen LogP contribution in [0.2, 0.25) is 5.02 Å². The second-order valence-electron chi connectivity index (χ2n) is 13.7. The molecule has 3 aliphatic rings. The molecule has 2 atom stereocenters. The van der Waals surface area contributed by atoms with E-state index >= 15 is 0 Å². The summed E-state index contributed by atoms with van der Waals surface area (Å²) in [6.45, 7) is 5.14. The highest BCUT2D eigenvalue weighted by Gasteiger charge is 2.44. The van der Waals surface area contributed by atoms with E-state index in [-0.39, 0.29) is 66.5 Å². The van der Waals surface area contributed by atoms with Crippen LogP contribution in [0.1, 0.15) is 59.9 Å². The lowest BCUT2D eigenvalue weighted by Crippen LogP contribution is -2.54. The monoisotopic (exact) mass is 786 g/mol. The Balaban J connectivity index is 0.992. The van der Waals surface area contributed by atoms with Crippen LogP contribution in [-0.2, 0) is 19.1 Å². The number of carbonyl (C=O) groups is 5. The Bertz CT molecular complexity index is 2310. The Morgan fingerprint density at radius 1 is 1.05 bits per heavy atom. The molecular weight excluding hydrogens is 748 g/mol. The number of aromatic nitrogens is 3. The van der Waals surface area contributed by atoms with Gasteiger partial charge >= 0.3 is 0 Å². The van der Waals surface area contributed by atoms with Crippen molar-refractivity contribution in [3.63, 3.8) is 0 Å². The predicted octanol–water partition coefficient (Wildman–Crippen LogP) is 2.97. The Labute approximate surface area is 325 Å². The summed E-state index contributed by atoms with van der Waals surface area (Å²) >= 11 is 6.54. The molecule has 0 saturated carbocycles. The van der Waals surface area contributed by atoms with Gasteiger partial charge in [0.1, 0.15) is 16.8 Å². The molecule has 7 rings (SSSR count). The fraction of sp³-hybridized carbons (Fsp3) is 0.368. The van der Waals surface area contributed by atoms with Crippen LogP contribution >= 0.6 is 11.6 Å². The summed E-state index contributed by atoms with van der Waals surface area (Å²) in [6.07, 6.45) is 1.89. The van der Waals surface area contributed by atoms with E-state index in [1.807, 2.05) is 36.9 Å². The average molecular weight is 787 g/mol. The molecule has 5 amide bonds. The zero-order valence-corrected chi connectivity index (χ0v) is 31.6. The number of pyridine rings is 1. The molecule has 0 radical (unpaired) electrons. The number of piperidine rings is 1. The lowest BCUT2D eigenvalue weighted by atomic mass is 10.0. The summed E-state index contributed by atoms with van der Waals surface area (Å²) in [5.74, 6) is -1.41. The zero-order valence-electron chi connectivity index (χ0n) is 30.8. The van der Waals surface area contributed by atoms with Crippen LogP contribution in [0.3, 0.4) is 0 Å². The van der Waals surface area contributed by atoms with Crippen molar-refractivity contribution in [2.75, 3.05) is 50.2 Å². The molecule has 2 aromatic heterocycles. The molecule has 292 valence electrons. The highest BCUT2D eigenvalue weighted by Crippen LogP contribution is 2.32. The van der Waals surface area contributed by atoms with Crippen molar-refractivity contribution in [3.8, 4) is 11.5 Å². The van der Waals surface area contributed by atoms with E-state index in [1.54, 1.807) is 16.7 Å². The molecule has 3 N–H and O–H groups in total. The fourth-order valence-electron chi connectivity index (χ4n) is 6.89. The smallest absolute Gasteiger partial charge is 0.293 e. The third-order valence-electron chi connectivity index (χ3n) is 9.69. The Morgan fingerprint density at radius 3 is 2.62 bits per heavy atom. The highest BCUT2D eigenvalue weighted by atomic mass is 35.5. The molecule has 0 aliphatic carbocycles. The number of nitrogens with one attached hydrogen (secondary N) is 3. The normalized spacial score (nSPS) is 18.3. The largest absolute Gasteiger partial charge is 0.493 e. The summed E-state index contributed by atoms with van der Waals surface area (Å²) in [5.41, 5.74) is 1.31. The van der Waals surface area contributed by atoms with Gasteiger partial charge in [0.25, 0.3) is 23.3 Å². The standard InChI is InChI=1S/C38H39ClN8O9/c1-20(2)46-28-7-4-22(14-21(28)15-30(37(46)53)56-19-32(49)40-3)42-33-27(39)17-41-38(44-33)45-11-13-55-24(18-45)10-12-54-23-5-6-25-26(16-23)36(52)47(35(25)51)29-8-9-31(48)43-34(29)50/h4-7,14-17,20,24,29H,8-13,18-19H2,1-3H3,(H,40,49)(H,41,42,44)(H,43,48,50)/t24-,29?/m1/s1. The molecule has 18 heteroatoms. The van der Waals surface area contributed by atoms with Crippen LogP contribution in [0, 0.1) is 0 Å². The zero-order chi connectivity index (χ0) is 39.7. The summed E-state index contributed by atoms with van der Waals surface area (Å²) in [7, 11) is 1.49. The van der Waals surface area contributed by atoms with Crippen molar-refractivity contribution in [3.05, 3.63) is 75.2 Å². The van der Waals surface area contributed by atoms with E-state index in [0.717, 1.165) is 4.90 Å². The average Bonchev–Trinajstić information content (AvgIpc) is 3.42. The van der Waals surface area contributed by atoms with Gasteiger partial charge in [-0.1, -0.05) is 11.6 Å². The molecule has 2 saturated heterocycles. The van der Waals surface area contributed by atoms with E-state index in [9.17, 15) is 28.8 Å². The number of ether oxygens (including phenoxy) is 3. The first-order valence-electron chi connectivity index (χ1n) is 18.1. The minimum absolute atomic E-state index is 0.0397. The van der Waals surface area contributed by atoms with Gasteiger partial charge < -0.3 is 34.3 Å². The molecule has 5 heterocycles. The first-order valence-corrected chi connectivity index (χ1v) is 18.5. The molecule has 4 aromatic rings. The first-order chi connectivity index (χ1) is 26.9. The number of anilines is 3. The summed E-state index contributed by atoms with van der Waals surface area (Å²) in [5, 5.41) is 8.93. The van der Waals surface area contributed by atoms with Gasteiger partial charge in [0.05, 0.1) is 42.2 Å². The number of halogens is 1. The van der Waals surface area contributed by atoms with Gasteiger partial charge in [0.15, 0.2) is 18.2 Å². The van der Waals surface area contributed by atoms with Crippen molar-refractivity contribution >= 4 is 69.5 Å². The lowest BCUT2D eigenvalue weighted by Gasteiger charge is -2.33. The molecule has 56 heavy (non-hydrogen) atoms. The molecule has 0 bridgehead atoms. The van der Waals surface area contributed by atoms with Gasteiger partial charge in [0, 0.05) is 50.1 Å². The molecule has 1 unspecified atom stereocenters. The molecular formula is C38H39ClN8O9. The van der Waals surface area contributed by atoms with Crippen LogP contribution in [0.25, 0.3) is 10.9 Å². The number of morpholine rings is 1. The van der Waals surface area contributed by atoms with Gasteiger partial charge in [-0.15, -0.1) is 0 Å². The van der Waals surface area contributed by atoms with Gasteiger partial charge in [-0.25, -0.2) is 4.98 Å². The second kappa shape index (κ2) is 16.0. The number of nitrogens with zero attached hydrogens (tertiary/aromatic N) is 5. The van der Waals surface area contributed by atoms with Crippen molar-refractivity contribution in [2.24, 2.45) is 0 Å². The third-order valence-corrected chi connectivity index (χ3v) is 9.97. The number of carbonyl (C=O) groups excluding carboxylic acids is 5. The summed E-state index contributed by atoms with van der Waals surface area (Å²) in [6, 6.07) is 10.5. The van der Waals surface area contributed by atoms with Crippen LogP contribution < -0.4 is 35.9 Å². The summed E-state index contributed by atoms with van der Waals surface area (Å²) < 4.78 is 19.2. The van der Waals surface area contributed by atoms with E-state index < -0.39 is 29.7 Å². The van der Waals surface area contributed by atoms with Crippen LogP contribution in [-0.4, -0.2) is 101 Å². The molecule has 17 nitrogen and oxygen atoms in total. The van der Waals surface area contributed by atoms with Gasteiger partial charge in [0.2, 0.25) is 17.8 Å². The van der Waals surface area contributed by atoms with E-state index in [2.05, 4.69) is 20.9 Å². The maximum absolute atomic E-state index is 13.2. The Hall–Kier alpha value is -6.07. The van der Waals surface area contributed by atoms with Crippen LogP contribution in [0.5, 0.6) is 11.5 Å². The van der Waals surface area contributed by atoms with Crippen LogP contribution in [0.15, 0.2) is 53.5 Å². The van der Waals surface area contributed by atoms with Crippen LogP contribution in [0.4, 0.5) is 17.5 Å². The molecule has 2 fully saturated rings. The minimum Gasteiger partial charge on any atom is -0.493 e. The highest BCUT2D eigenvalue weighted by molar-refractivity contribution is 6.33.